The monoisotopic (exact) mass is 300 g/mol. The van der Waals surface area contributed by atoms with E-state index in [9.17, 15) is 4.79 Å². The van der Waals surface area contributed by atoms with E-state index in [1.54, 1.807) is 42.6 Å². The van der Waals surface area contributed by atoms with Crippen LogP contribution in [0.4, 0.5) is 5.82 Å². The van der Waals surface area contributed by atoms with Crippen LogP contribution in [-0.4, -0.2) is 51.4 Å². The number of carbonyl (C=O) groups excluding carboxylic acids is 1. The number of likely N-dealkylation sites (N-methyl/N-ethyl adjacent to an activating group) is 2. The molecule has 3 rings (SSSR count). The minimum atomic E-state index is -0.0369. The Morgan fingerprint density at radius 2 is 2.18 bits per heavy atom. The lowest BCUT2D eigenvalue weighted by molar-refractivity contribution is -0.129. The Balaban J connectivity index is 1.69. The van der Waals surface area contributed by atoms with Crippen molar-refractivity contribution in [2.24, 2.45) is 0 Å². The molecule has 1 N–H and O–H groups in total. The first-order valence-corrected chi connectivity index (χ1v) is 6.76. The zero-order valence-corrected chi connectivity index (χ0v) is 12.4. The van der Waals surface area contributed by atoms with E-state index in [2.05, 4.69) is 19.9 Å². The highest BCUT2D eigenvalue weighted by Gasteiger charge is 2.16. The Hall–Kier alpha value is -2.90. The van der Waals surface area contributed by atoms with Gasteiger partial charge >= 0.3 is 0 Å². The largest absolute Gasteiger partial charge is 0.467 e. The van der Waals surface area contributed by atoms with Gasteiger partial charge in [-0.05, 0) is 12.1 Å². The number of fused-ring (bicyclic) bond motifs is 1. The zero-order valence-electron chi connectivity index (χ0n) is 12.4. The summed E-state index contributed by atoms with van der Waals surface area (Å²) in [4.78, 5) is 31.0. The molecule has 0 spiro atoms. The molecule has 0 aliphatic carbocycles. The highest BCUT2D eigenvalue weighted by atomic mass is 16.3. The third kappa shape index (κ3) is 2.76. The summed E-state index contributed by atoms with van der Waals surface area (Å²) < 4.78 is 5.25. The summed E-state index contributed by atoms with van der Waals surface area (Å²) in [5, 5.41) is 0. The molecule has 3 heterocycles. The number of carbonyl (C=O) groups is 1. The molecule has 0 unspecified atom stereocenters. The third-order valence-electron chi connectivity index (χ3n) is 3.34. The van der Waals surface area contributed by atoms with Crippen molar-refractivity contribution in [3.63, 3.8) is 0 Å². The van der Waals surface area contributed by atoms with Crippen LogP contribution in [-0.2, 0) is 11.3 Å². The average Bonchev–Trinajstić information content (AvgIpc) is 3.17. The molecule has 0 bridgehead atoms. The lowest BCUT2D eigenvalue weighted by Crippen LogP contribution is -2.36. The van der Waals surface area contributed by atoms with Crippen LogP contribution in [0.2, 0.25) is 0 Å². The number of anilines is 1. The van der Waals surface area contributed by atoms with E-state index in [0.29, 0.717) is 23.5 Å². The molecule has 0 aromatic carbocycles. The number of nitrogens with one attached hydrogen (secondary N) is 1. The third-order valence-corrected chi connectivity index (χ3v) is 3.34. The van der Waals surface area contributed by atoms with Crippen molar-refractivity contribution in [3.8, 4) is 0 Å². The van der Waals surface area contributed by atoms with Crippen LogP contribution in [0.15, 0.2) is 35.5 Å². The van der Waals surface area contributed by atoms with Gasteiger partial charge in [0.05, 0.1) is 25.7 Å². The quantitative estimate of drug-likeness (QED) is 0.757. The molecule has 8 nitrogen and oxygen atoms in total. The van der Waals surface area contributed by atoms with E-state index >= 15 is 0 Å². The summed E-state index contributed by atoms with van der Waals surface area (Å²) in [5.74, 6) is 1.35. The second-order valence-electron chi connectivity index (χ2n) is 4.98. The second-order valence-corrected chi connectivity index (χ2v) is 4.98. The lowest BCUT2D eigenvalue weighted by Gasteiger charge is -2.22. The number of hydrogen-bond acceptors (Lipinski definition) is 6. The van der Waals surface area contributed by atoms with Crippen molar-refractivity contribution in [3.05, 3.63) is 36.8 Å². The van der Waals surface area contributed by atoms with Crippen molar-refractivity contribution >= 4 is 22.9 Å². The van der Waals surface area contributed by atoms with Gasteiger partial charge in [-0.2, -0.15) is 0 Å². The highest BCUT2D eigenvalue weighted by Crippen LogP contribution is 2.18. The van der Waals surface area contributed by atoms with Gasteiger partial charge in [0.2, 0.25) is 5.91 Å². The smallest absolute Gasteiger partial charge is 0.242 e. The Bertz CT molecular complexity index is 767. The standard InChI is InChI=1S/C14H16N6O2/c1-19(6-10-4-3-5-22-10)11(21)7-20(2)14-12-13(16-8-15-12)17-9-18-14/h3-5,8-9H,6-7H2,1-2H3,(H,15,16,17,18). The Labute approximate surface area is 126 Å². The van der Waals surface area contributed by atoms with E-state index in [1.807, 2.05) is 6.07 Å². The lowest BCUT2D eigenvalue weighted by atomic mass is 10.3. The second kappa shape index (κ2) is 5.84. The van der Waals surface area contributed by atoms with Gasteiger partial charge in [0.15, 0.2) is 11.5 Å². The van der Waals surface area contributed by atoms with Gasteiger partial charge in [-0.1, -0.05) is 0 Å². The summed E-state index contributed by atoms with van der Waals surface area (Å²) in [7, 11) is 3.55. The SMILES string of the molecule is CN(Cc1ccco1)C(=O)CN(C)c1ncnc2nc[nH]c12. The Morgan fingerprint density at radius 3 is 2.95 bits per heavy atom. The normalized spacial score (nSPS) is 10.8. The number of aromatic amines is 1. The molecule has 3 aromatic rings. The predicted octanol–water partition coefficient (Wildman–Crippen LogP) is 1.04. The molecule has 0 radical (unpaired) electrons. The maximum Gasteiger partial charge on any atom is 0.242 e. The topological polar surface area (TPSA) is 91.2 Å². The first kappa shape index (κ1) is 14.1. The Morgan fingerprint density at radius 1 is 1.32 bits per heavy atom. The van der Waals surface area contributed by atoms with Gasteiger partial charge in [0.1, 0.15) is 17.6 Å². The fourth-order valence-electron chi connectivity index (χ4n) is 2.16. The van der Waals surface area contributed by atoms with Gasteiger partial charge in [0.25, 0.3) is 0 Å². The summed E-state index contributed by atoms with van der Waals surface area (Å²) >= 11 is 0. The Kier molecular flexibility index (Phi) is 3.73. The summed E-state index contributed by atoms with van der Waals surface area (Å²) in [6.45, 7) is 0.630. The maximum atomic E-state index is 12.3. The first-order valence-electron chi connectivity index (χ1n) is 6.76. The van der Waals surface area contributed by atoms with E-state index in [-0.39, 0.29) is 12.5 Å². The molecule has 0 aliphatic rings. The van der Waals surface area contributed by atoms with Crippen LogP contribution in [0, 0.1) is 0 Å². The number of nitrogens with zero attached hydrogens (tertiary/aromatic N) is 5. The number of rotatable bonds is 5. The summed E-state index contributed by atoms with van der Waals surface area (Å²) in [5.41, 5.74) is 1.29. The van der Waals surface area contributed by atoms with Crippen LogP contribution < -0.4 is 4.90 Å². The maximum absolute atomic E-state index is 12.3. The molecule has 0 aliphatic heterocycles. The molecular weight excluding hydrogens is 284 g/mol. The van der Waals surface area contributed by atoms with Gasteiger partial charge in [-0.15, -0.1) is 0 Å². The summed E-state index contributed by atoms with van der Waals surface area (Å²) in [6, 6.07) is 3.64. The number of imidazole rings is 1. The number of amides is 1. The van der Waals surface area contributed by atoms with Crippen molar-refractivity contribution in [2.75, 3.05) is 25.5 Å². The minimum absolute atomic E-state index is 0.0369. The predicted molar refractivity (Wildman–Crippen MR) is 80.1 cm³/mol. The molecule has 8 heteroatoms. The molecule has 0 saturated carbocycles. The van der Waals surface area contributed by atoms with Gasteiger partial charge in [0, 0.05) is 14.1 Å². The van der Waals surface area contributed by atoms with Crippen molar-refractivity contribution in [1.82, 2.24) is 24.8 Å². The molecule has 3 aromatic heterocycles. The number of furan rings is 1. The van der Waals surface area contributed by atoms with E-state index < -0.39 is 0 Å². The van der Waals surface area contributed by atoms with E-state index in [0.717, 1.165) is 5.76 Å². The summed E-state index contributed by atoms with van der Waals surface area (Å²) in [6.07, 6.45) is 4.59. The van der Waals surface area contributed by atoms with Crippen LogP contribution in [0.25, 0.3) is 11.2 Å². The molecule has 1 amide bonds. The first-order chi connectivity index (χ1) is 10.6. The number of H-pyrrole nitrogens is 1. The van der Waals surface area contributed by atoms with Crippen LogP contribution in [0.5, 0.6) is 0 Å². The van der Waals surface area contributed by atoms with Crippen LogP contribution >= 0.6 is 0 Å². The van der Waals surface area contributed by atoms with Crippen molar-refractivity contribution in [1.29, 1.82) is 0 Å². The molecule has 114 valence electrons. The van der Waals surface area contributed by atoms with E-state index in [4.69, 9.17) is 4.42 Å². The van der Waals surface area contributed by atoms with E-state index in [1.165, 1.54) is 6.33 Å². The van der Waals surface area contributed by atoms with Crippen LogP contribution in [0.1, 0.15) is 5.76 Å². The van der Waals surface area contributed by atoms with Gasteiger partial charge < -0.3 is 19.2 Å². The van der Waals surface area contributed by atoms with Crippen LogP contribution in [0.3, 0.4) is 0 Å². The highest BCUT2D eigenvalue weighted by molar-refractivity contribution is 5.86. The zero-order chi connectivity index (χ0) is 15.5. The van der Waals surface area contributed by atoms with Gasteiger partial charge in [-0.3, -0.25) is 4.79 Å². The molecular formula is C14H16N6O2. The van der Waals surface area contributed by atoms with Gasteiger partial charge in [-0.25, -0.2) is 15.0 Å². The fourth-order valence-corrected chi connectivity index (χ4v) is 2.16. The number of aromatic nitrogens is 4. The molecule has 0 atom stereocenters. The molecule has 0 fully saturated rings. The average molecular weight is 300 g/mol. The number of hydrogen-bond donors (Lipinski definition) is 1. The fraction of sp³-hybridized carbons (Fsp3) is 0.286. The minimum Gasteiger partial charge on any atom is -0.467 e. The molecule has 22 heavy (non-hydrogen) atoms. The molecule has 0 saturated heterocycles. The van der Waals surface area contributed by atoms with Crippen molar-refractivity contribution < 1.29 is 9.21 Å². The van der Waals surface area contributed by atoms with Crippen molar-refractivity contribution in [2.45, 2.75) is 6.54 Å².